The molecule has 0 amide bonds. The fraction of sp³-hybridized carbons (Fsp3) is 0.571. The summed E-state index contributed by atoms with van der Waals surface area (Å²) in [7, 11) is -3.40. The monoisotopic (exact) mass is 279 g/mol. The molecule has 3 aliphatic rings. The van der Waals surface area contributed by atoms with Crippen molar-refractivity contribution in [2.24, 2.45) is 5.92 Å². The summed E-state index contributed by atoms with van der Waals surface area (Å²) >= 11 is 0. The first-order chi connectivity index (χ1) is 9.04. The van der Waals surface area contributed by atoms with Crippen molar-refractivity contribution in [3.05, 3.63) is 29.8 Å². The van der Waals surface area contributed by atoms with Crippen LogP contribution >= 0.6 is 0 Å². The van der Waals surface area contributed by atoms with Gasteiger partial charge in [-0.05, 0) is 62.5 Å². The Labute approximate surface area is 114 Å². The van der Waals surface area contributed by atoms with Crippen molar-refractivity contribution in [2.75, 3.05) is 19.6 Å². The summed E-state index contributed by atoms with van der Waals surface area (Å²) in [6.07, 6.45) is 2.21. The van der Waals surface area contributed by atoms with Gasteiger partial charge in [0.25, 0.3) is 0 Å². The lowest BCUT2D eigenvalue weighted by molar-refractivity contribution is 0.0827. The predicted octanol–water partition coefficient (Wildman–Crippen LogP) is 1.17. The number of rotatable bonds is 3. The molecule has 1 N–H and O–H groups in total. The summed E-state index contributed by atoms with van der Waals surface area (Å²) < 4.78 is 27.7. The van der Waals surface area contributed by atoms with Crippen LogP contribution in [0.1, 0.15) is 18.4 Å². The molecule has 4 nitrogen and oxygen atoms in total. The molecule has 3 heterocycles. The van der Waals surface area contributed by atoms with E-state index in [0.29, 0.717) is 10.8 Å². The first-order valence-corrected chi connectivity index (χ1v) is 8.26. The summed E-state index contributed by atoms with van der Waals surface area (Å²) in [5, 5.41) is 0. The number of hydrogen-bond acceptors (Lipinski definition) is 3. The van der Waals surface area contributed by atoms with Crippen molar-refractivity contribution in [1.29, 1.82) is 0 Å². The number of nitrogens with one attached hydrogen (secondary N) is 1. The minimum Gasteiger partial charge on any atom is -0.302 e. The Morgan fingerprint density at radius 2 is 2.11 bits per heavy atom. The van der Waals surface area contributed by atoms with Gasteiger partial charge >= 0.3 is 0 Å². The van der Waals surface area contributed by atoms with E-state index >= 15 is 0 Å². The standard InChI is InChI=1S/C14H19N2O2S/c1-11-3-2-4-13(9-11)19(17,18)15-14-10-16-7-5-12(14)6-8-16/h2,4,9,12,14-15H,5-8,10H2,1H3. The molecule has 0 spiro atoms. The fourth-order valence-electron chi connectivity index (χ4n) is 3.09. The van der Waals surface area contributed by atoms with E-state index in [1.165, 1.54) is 0 Å². The van der Waals surface area contributed by atoms with Crippen LogP contribution in [0, 0.1) is 18.9 Å². The van der Waals surface area contributed by atoms with E-state index in [4.69, 9.17) is 0 Å². The maximum atomic E-state index is 12.4. The quantitative estimate of drug-likeness (QED) is 0.903. The molecule has 3 aliphatic heterocycles. The summed E-state index contributed by atoms with van der Waals surface area (Å²) in [5.41, 5.74) is 0.844. The topological polar surface area (TPSA) is 49.4 Å². The molecule has 1 unspecified atom stereocenters. The van der Waals surface area contributed by atoms with Crippen LogP contribution in [-0.2, 0) is 10.0 Å². The largest absolute Gasteiger partial charge is 0.302 e. The molecule has 1 aromatic carbocycles. The second-order valence-electron chi connectivity index (χ2n) is 5.57. The first-order valence-electron chi connectivity index (χ1n) is 6.78. The van der Waals surface area contributed by atoms with Gasteiger partial charge in [0.05, 0.1) is 4.90 Å². The van der Waals surface area contributed by atoms with Gasteiger partial charge in [-0.25, -0.2) is 13.1 Å². The van der Waals surface area contributed by atoms with Crippen molar-refractivity contribution < 1.29 is 8.42 Å². The predicted molar refractivity (Wildman–Crippen MR) is 73.3 cm³/mol. The molecule has 1 radical (unpaired) electrons. The SMILES string of the molecule is Cc1[c]ccc(S(=O)(=O)NC2CN3CCC2CC3)c1. The second kappa shape index (κ2) is 4.89. The highest BCUT2D eigenvalue weighted by Crippen LogP contribution is 2.28. The Balaban J connectivity index is 1.79. The lowest BCUT2D eigenvalue weighted by atomic mass is 9.85. The fourth-order valence-corrected chi connectivity index (χ4v) is 4.47. The third-order valence-electron chi connectivity index (χ3n) is 4.19. The van der Waals surface area contributed by atoms with Crippen LogP contribution in [-0.4, -0.2) is 39.0 Å². The molecule has 5 heteroatoms. The van der Waals surface area contributed by atoms with Gasteiger partial charge < -0.3 is 4.90 Å². The Kier molecular flexibility index (Phi) is 3.37. The van der Waals surface area contributed by atoms with E-state index in [9.17, 15) is 8.42 Å². The maximum Gasteiger partial charge on any atom is 0.240 e. The number of sulfonamides is 1. The molecule has 1 aromatic rings. The van der Waals surface area contributed by atoms with Crippen LogP contribution in [0.25, 0.3) is 0 Å². The maximum absolute atomic E-state index is 12.4. The van der Waals surface area contributed by atoms with E-state index < -0.39 is 10.0 Å². The molecule has 3 saturated heterocycles. The molecular formula is C14H19N2O2S. The van der Waals surface area contributed by atoms with E-state index in [-0.39, 0.29) is 6.04 Å². The van der Waals surface area contributed by atoms with Crippen molar-refractivity contribution >= 4 is 10.0 Å². The highest BCUT2D eigenvalue weighted by Gasteiger charge is 2.36. The molecule has 2 bridgehead atoms. The van der Waals surface area contributed by atoms with E-state index in [1.54, 1.807) is 18.2 Å². The van der Waals surface area contributed by atoms with E-state index in [1.807, 2.05) is 6.92 Å². The van der Waals surface area contributed by atoms with Crippen LogP contribution in [0.5, 0.6) is 0 Å². The Morgan fingerprint density at radius 3 is 2.68 bits per heavy atom. The van der Waals surface area contributed by atoms with Crippen molar-refractivity contribution in [3.8, 4) is 0 Å². The van der Waals surface area contributed by atoms with Gasteiger partial charge in [0.2, 0.25) is 10.0 Å². The Morgan fingerprint density at radius 1 is 1.37 bits per heavy atom. The number of hydrogen-bond donors (Lipinski definition) is 1. The Hall–Kier alpha value is -0.910. The van der Waals surface area contributed by atoms with Crippen molar-refractivity contribution in [2.45, 2.75) is 30.7 Å². The van der Waals surface area contributed by atoms with Crippen LogP contribution in [0.4, 0.5) is 0 Å². The average molecular weight is 279 g/mol. The van der Waals surface area contributed by atoms with Gasteiger partial charge in [0.1, 0.15) is 0 Å². The molecule has 19 heavy (non-hydrogen) atoms. The second-order valence-corrected chi connectivity index (χ2v) is 7.29. The van der Waals surface area contributed by atoms with Gasteiger partial charge in [0.15, 0.2) is 0 Å². The lowest BCUT2D eigenvalue weighted by Crippen LogP contribution is -2.57. The highest BCUT2D eigenvalue weighted by atomic mass is 32.2. The minimum atomic E-state index is -3.40. The van der Waals surface area contributed by atoms with Crippen LogP contribution < -0.4 is 4.72 Å². The van der Waals surface area contributed by atoms with Gasteiger partial charge in [0, 0.05) is 12.6 Å². The molecule has 0 saturated carbocycles. The summed E-state index contributed by atoms with van der Waals surface area (Å²) in [6, 6.07) is 7.99. The third-order valence-corrected chi connectivity index (χ3v) is 5.68. The zero-order valence-corrected chi connectivity index (χ0v) is 11.9. The summed E-state index contributed by atoms with van der Waals surface area (Å²) in [5.74, 6) is 0.496. The zero-order chi connectivity index (χ0) is 13.5. The number of aryl methyl sites for hydroxylation is 1. The molecule has 0 aromatic heterocycles. The highest BCUT2D eigenvalue weighted by molar-refractivity contribution is 7.89. The van der Waals surface area contributed by atoms with Crippen LogP contribution in [0.15, 0.2) is 23.1 Å². The molecule has 4 rings (SSSR count). The normalized spacial score (nSPS) is 30.5. The number of benzene rings is 1. The van der Waals surface area contributed by atoms with Gasteiger partial charge in [-0.15, -0.1) is 0 Å². The number of piperidine rings is 3. The number of nitrogens with zero attached hydrogens (tertiary/aromatic N) is 1. The third kappa shape index (κ3) is 2.68. The molecular weight excluding hydrogens is 260 g/mol. The van der Waals surface area contributed by atoms with E-state index in [2.05, 4.69) is 15.7 Å². The van der Waals surface area contributed by atoms with Crippen molar-refractivity contribution in [1.82, 2.24) is 9.62 Å². The first kappa shape index (κ1) is 13.1. The van der Waals surface area contributed by atoms with Crippen LogP contribution in [0.2, 0.25) is 0 Å². The molecule has 1 atom stereocenters. The summed E-state index contributed by atoms with van der Waals surface area (Å²) in [6.45, 7) is 4.93. The zero-order valence-electron chi connectivity index (χ0n) is 11.1. The van der Waals surface area contributed by atoms with Gasteiger partial charge in [-0.1, -0.05) is 6.07 Å². The lowest BCUT2D eigenvalue weighted by Gasteiger charge is -2.44. The van der Waals surface area contributed by atoms with Crippen molar-refractivity contribution in [3.63, 3.8) is 0 Å². The molecule has 3 fully saturated rings. The average Bonchev–Trinajstić information content (AvgIpc) is 2.39. The summed E-state index contributed by atoms with van der Waals surface area (Å²) in [4.78, 5) is 2.69. The molecule has 0 aliphatic carbocycles. The Bertz CT molecular complexity index is 563. The minimum absolute atomic E-state index is 0.0667. The van der Waals surface area contributed by atoms with Gasteiger partial charge in [-0.2, -0.15) is 0 Å². The molecule has 103 valence electrons. The van der Waals surface area contributed by atoms with Crippen LogP contribution in [0.3, 0.4) is 0 Å². The van der Waals surface area contributed by atoms with Gasteiger partial charge in [-0.3, -0.25) is 0 Å². The smallest absolute Gasteiger partial charge is 0.240 e. The van der Waals surface area contributed by atoms with E-state index in [0.717, 1.165) is 38.0 Å². The number of fused-ring (bicyclic) bond motifs is 3.